The van der Waals surface area contributed by atoms with Gasteiger partial charge in [-0.1, -0.05) is 18.1 Å². The number of anilines is 1. The van der Waals surface area contributed by atoms with E-state index in [1.54, 1.807) is 24.3 Å². The fraction of sp³-hybridized carbons (Fsp3) is 0.308. The first kappa shape index (κ1) is 15.1. The van der Waals surface area contributed by atoms with Crippen molar-refractivity contribution in [2.75, 3.05) is 18.2 Å². The molecule has 102 valence electrons. The molecule has 1 N–H and O–H groups in total. The molecule has 1 aromatic rings. The van der Waals surface area contributed by atoms with Crippen LogP contribution in [0.1, 0.15) is 6.92 Å². The predicted molar refractivity (Wildman–Crippen MR) is 73.7 cm³/mol. The van der Waals surface area contributed by atoms with E-state index in [1.807, 2.05) is 5.92 Å². The summed E-state index contributed by atoms with van der Waals surface area (Å²) in [7, 11) is -2.18. The van der Waals surface area contributed by atoms with Crippen molar-refractivity contribution in [2.24, 2.45) is 0 Å². The van der Waals surface area contributed by atoms with Crippen LogP contribution in [0.3, 0.4) is 0 Å². The van der Waals surface area contributed by atoms with Crippen molar-refractivity contribution in [3.05, 3.63) is 24.3 Å². The fourth-order valence-corrected chi connectivity index (χ4v) is 2.25. The number of benzene rings is 1. The van der Waals surface area contributed by atoms with Crippen molar-refractivity contribution >= 4 is 21.4 Å². The Morgan fingerprint density at radius 1 is 1.47 bits per heavy atom. The Morgan fingerprint density at radius 2 is 2.11 bits per heavy atom. The van der Waals surface area contributed by atoms with E-state index in [0.717, 1.165) is 0 Å². The van der Waals surface area contributed by atoms with E-state index < -0.39 is 26.7 Å². The summed E-state index contributed by atoms with van der Waals surface area (Å²) in [6.45, 7) is 1.30. The van der Waals surface area contributed by atoms with E-state index in [-0.39, 0.29) is 0 Å². The molecule has 0 spiro atoms. The molecule has 1 amide bonds. The standard InChI is InChI=1S/C13H15NO4S/c1-4-9-19(16,17)10(2)13(15)14-11-7-5-6-8-12(11)18-3/h1,5-8,10H,9H2,2-3H3,(H,14,15). The van der Waals surface area contributed by atoms with Crippen LogP contribution in [-0.2, 0) is 14.6 Å². The molecule has 0 aromatic heterocycles. The number of nitrogens with one attached hydrogen (secondary N) is 1. The van der Waals surface area contributed by atoms with Gasteiger partial charge in [0.15, 0.2) is 9.84 Å². The highest BCUT2D eigenvalue weighted by Crippen LogP contribution is 2.23. The van der Waals surface area contributed by atoms with Crippen molar-refractivity contribution < 1.29 is 17.9 Å². The molecule has 5 nitrogen and oxygen atoms in total. The maximum absolute atomic E-state index is 11.9. The lowest BCUT2D eigenvalue weighted by atomic mass is 10.3. The van der Waals surface area contributed by atoms with E-state index >= 15 is 0 Å². The highest BCUT2D eigenvalue weighted by molar-refractivity contribution is 7.93. The number of amides is 1. The summed E-state index contributed by atoms with van der Waals surface area (Å²) >= 11 is 0. The maximum Gasteiger partial charge on any atom is 0.242 e. The van der Waals surface area contributed by atoms with Gasteiger partial charge in [-0.15, -0.1) is 6.42 Å². The van der Waals surface area contributed by atoms with Gasteiger partial charge in [0, 0.05) is 0 Å². The number of sulfone groups is 1. The number of para-hydroxylation sites is 2. The Kier molecular flexibility index (Phi) is 4.95. The molecule has 0 bridgehead atoms. The molecule has 1 unspecified atom stereocenters. The Labute approximate surface area is 112 Å². The number of hydrogen-bond donors (Lipinski definition) is 1. The number of ether oxygens (including phenoxy) is 1. The molecule has 0 aliphatic heterocycles. The van der Waals surface area contributed by atoms with Crippen molar-refractivity contribution in [1.29, 1.82) is 0 Å². The minimum Gasteiger partial charge on any atom is -0.495 e. The van der Waals surface area contributed by atoms with Crippen LogP contribution < -0.4 is 10.1 Å². The lowest BCUT2D eigenvalue weighted by Crippen LogP contribution is -2.33. The van der Waals surface area contributed by atoms with Gasteiger partial charge in [0.05, 0.1) is 12.8 Å². The molecule has 1 aromatic carbocycles. The van der Waals surface area contributed by atoms with Crippen LogP contribution in [-0.4, -0.2) is 32.4 Å². The van der Waals surface area contributed by atoms with Gasteiger partial charge < -0.3 is 10.1 Å². The molecule has 1 atom stereocenters. The molecule has 0 radical (unpaired) electrons. The first-order valence-electron chi connectivity index (χ1n) is 5.51. The zero-order valence-corrected chi connectivity index (χ0v) is 11.5. The third-order valence-corrected chi connectivity index (χ3v) is 4.42. The van der Waals surface area contributed by atoms with E-state index in [2.05, 4.69) is 5.32 Å². The van der Waals surface area contributed by atoms with Gasteiger partial charge in [0.1, 0.15) is 16.8 Å². The predicted octanol–water partition coefficient (Wildman–Crippen LogP) is 1.07. The highest BCUT2D eigenvalue weighted by atomic mass is 32.2. The van der Waals surface area contributed by atoms with Crippen LogP contribution in [0, 0.1) is 12.3 Å². The molecule has 19 heavy (non-hydrogen) atoms. The molecule has 0 saturated carbocycles. The van der Waals surface area contributed by atoms with Gasteiger partial charge >= 0.3 is 0 Å². The first-order valence-corrected chi connectivity index (χ1v) is 7.23. The number of carbonyl (C=O) groups excluding carboxylic acids is 1. The Hall–Kier alpha value is -2.00. The highest BCUT2D eigenvalue weighted by Gasteiger charge is 2.27. The minimum absolute atomic E-state index is 0.415. The maximum atomic E-state index is 11.9. The number of terminal acetylenes is 1. The first-order chi connectivity index (χ1) is 8.92. The molecule has 0 aliphatic rings. The third kappa shape index (κ3) is 3.73. The fourth-order valence-electron chi connectivity index (χ4n) is 1.39. The summed E-state index contributed by atoms with van der Waals surface area (Å²) in [5.41, 5.74) is 0.415. The van der Waals surface area contributed by atoms with Crippen LogP contribution in [0.5, 0.6) is 5.75 Å². The summed E-state index contributed by atoms with van der Waals surface area (Å²) < 4.78 is 28.4. The molecule has 6 heteroatoms. The van der Waals surface area contributed by atoms with E-state index in [1.165, 1.54) is 14.0 Å². The van der Waals surface area contributed by atoms with Gasteiger partial charge in [-0.3, -0.25) is 4.79 Å². The summed E-state index contributed by atoms with van der Waals surface area (Å²) in [6, 6.07) is 6.74. The Balaban J connectivity index is 2.89. The van der Waals surface area contributed by atoms with E-state index in [9.17, 15) is 13.2 Å². The zero-order valence-electron chi connectivity index (χ0n) is 10.7. The second-order valence-electron chi connectivity index (χ2n) is 3.84. The quantitative estimate of drug-likeness (QED) is 0.819. The van der Waals surface area contributed by atoms with Crippen LogP contribution in [0.25, 0.3) is 0 Å². The molecule has 0 fully saturated rings. The van der Waals surface area contributed by atoms with Crippen LogP contribution in [0.2, 0.25) is 0 Å². The van der Waals surface area contributed by atoms with Gasteiger partial charge in [0.2, 0.25) is 5.91 Å². The molecule has 1 rings (SSSR count). The van der Waals surface area contributed by atoms with Gasteiger partial charge in [-0.05, 0) is 19.1 Å². The number of methoxy groups -OCH3 is 1. The summed E-state index contributed by atoms with van der Waals surface area (Å²) in [4.78, 5) is 11.9. The summed E-state index contributed by atoms with van der Waals surface area (Å²) in [6.07, 6.45) is 4.97. The summed E-state index contributed by atoms with van der Waals surface area (Å²) in [5, 5.41) is 1.30. The number of carbonyl (C=O) groups is 1. The molecule has 0 aliphatic carbocycles. The third-order valence-electron chi connectivity index (χ3n) is 2.56. The largest absolute Gasteiger partial charge is 0.495 e. The number of hydrogen-bond acceptors (Lipinski definition) is 4. The molecule has 0 saturated heterocycles. The number of rotatable bonds is 5. The molecule has 0 heterocycles. The van der Waals surface area contributed by atoms with E-state index in [4.69, 9.17) is 11.2 Å². The zero-order chi connectivity index (χ0) is 14.5. The van der Waals surface area contributed by atoms with Crippen LogP contribution in [0.15, 0.2) is 24.3 Å². The smallest absolute Gasteiger partial charge is 0.242 e. The topological polar surface area (TPSA) is 72.5 Å². The molecular formula is C13H15NO4S. The van der Waals surface area contributed by atoms with Crippen LogP contribution >= 0.6 is 0 Å². The second-order valence-corrected chi connectivity index (χ2v) is 6.16. The van der Waals surface area contributed by atoms with Crippen molar-refractivity contribution in [2.45, 2.75) is 12.2 Å². The van der Waals surface area contributed by atoms with Gasteiger partial charge in [-0.25, -0.2) is 8.42 Å². The van der Waals surface area contributed by atoms with Crippen molar-refractivity contribution in [1.82, 2.24) is 0 Å². The monoisotopic (exact) mass is 281 g/mol. The van der Waals surface area contributed by atoms with Crippen molar-refractivity contribution in [3.63, 3.8) is 0 Å². The average molecular weight is 281 g/mol. The summed E-state index contributed by atoms with van der Waals surface area (Å²) in [5.74, 6) is 1.39. The van der Waals surface area contributed by atoms with Crippen molar-refractivity contribution in [3.8, 4) is 18.1 Å². The second kappa shape index (κ2) is 6.25. The lowest BCUT2D eigenvalue weighted by Gasteiger charge is -2.13. The van der Waals surface area contributed by atoms with Crippen LogP contribution in [0.4, 0.5) is 5.69 Å². The lowest BCUT2D eigenvalue weighted by molar-refractivity contribution is -0.115. The van der Waals surface area contributed by atoms with E-state index in [0.29, 0.717) is 11.4 Å². The Bertz CT molecular complexity index is 601. The molecular weight excluding hydrogens is 266 g/mol. The van der Waals surface area contributed by atoms with Gasteiger partial charge in [0.25, 0.3) is 0 Å². The Morgan fingerprint density at radius 3 is 2.68 bits per heavy atom. The SMILES string of the molecule is C#CCS(=O)(=O)C(C)C(=O)Nc1ccccc1OC. The average Bonchev–Trinajstić information content (AvgIpc) is 2.38. The normalized spacial score (nSPS) is 12.3. The minimum atomic E-state index is -3.64. The van der Waals surface area contributed by atoms with Gasteiger partial charge in [-0.2, -0.15) is 0 Å².